The van der Waals surface area contributed by atoms with E-state index < -0.39 is 6.03 Å². The van der Waals surface area contributed by atoms with E-state index in [0.717, 1.165) is 16.5 Å². The number of primary amides is 1. The number of nitrogens with two attached hydrogens (primary N) is 1. The van der Waals surface area contributed by atoms with Crippen LogP contribution in [0.25, 0.3) is 10.9 Å². The molecule has 0 saturated heterocycles. The Morgan fingerprint density at radius 3 is 3.06 bits per heavy atom. The number of carbonyl (C=O) groups is 1. The van der Waals surface area contributed by atoms with Gasteiger partial charge in [0.05, 0.1) is 12.8 Å². The Balaban J connectivity index is 2.42. The molecule has 2 amide bonds. The number of carbonyl (C=O) groups excluding carboxylic acids is 1. The van der Waals surface area contributed by atoms with Crippen molar-refractivity contribution in [2.24, 2.45) is 10.8 Å². The van der Waals surface area contributed by atoms with Crippen LogP contribution in [0.4, 0.5) is 4.79 Å². The van der Waals surface area contributed by atoms with Crippen molar-refractivity contribution >= 4 is 23.1 Å². The molecule has 1 aromatic carbocycles. The van der Waals surface area contributed by atoms with E-state index in [2.05, 4.69) is 16.4 Å². The van der Waals surface area contributed by atoms with Crippen LogP contribution < -0.4 is 11.2 Å². The second-order valence-electron chi connectivity index (χ2n) is 3.67. The summed E-state index contributed by atoms with van der Waals surface area (Å²) in [4.78, 5) is 10.5. The van der Waals surface area contributed by atoms with Crippen molar-refractivity contribution < 1.29 is 4.79 Å². The van der Waals surface area contributed by atoms with Gasteiger partial charge in [0.15, 0.2) is 0 Å². The van der Waals surface area contributed by atoms with Crippen molar-refractivity contribution in [3.63, 3.8) is 0 Å². The van der Waals surface area contributed by atoms with Gasteiger partial charge in [-0.3, -0.25) is 0 Å². The summed E-state index contributed by atoms with van der Waals surface area (Å²) in [5, 5.41) is 4.77. The van der Waals surface area contributed by atoms with Crippen molar-refractivity contribution in [1.29, 1.82) is 0 Å². The van der Waals surface area contributed by atoms with Crippen LogP contribution in [-0.2, 0) is 6.54 Å². The quantitative estimate of drug-likeness (QED) is 0.473. The highest BCUT2D eigenvalue weighted by atomic mass is 16.2. The molecule has 5 nitrogen and oxygen atoms in total. The van der Waals surface area contributed by atoms with Crippen LogP contribution >= 0.6 is 0 Å². The summed E-state index contributed by atoms with van der Waals surface area (Å²) in [6, 6.07) is 7.12. The SMILES string of the molecule is C#CCn1cc(C=NNC(N)=O)c2ccccc21. The summed E-state index contributed by atoms with van der Waals surface area (Å²) in [5.41, 5.74) is 8.98. The Hall–Kier alpha value is -2.74. The summed E-state index contributed by atoms with van der Waals surface area (Å²) in [5.74, 6) is 2.59. The highest BCUT2D eigenvalue weighted by Gasteiger charge is 2.05. The predicted octanol–water partition coefficient (Wildman–Crippen LogP) is 1.28. The molecule has 0 aliphatic carbocycles. The molecule has 1 heterocycles. The third kappa shape index (κ3) is 2.33. The van der Waals surface area contributed by atoms with Crippen LogP contribution in [0.2, 0.25) is 0 Å². The number of benzene rings is 1. The van der Waals surface area contributed by atoms with Crippen molar-refractivity contribution in [2.45, 2.75) is 6.54 Å². The van der Waals surface area contributed by atoms with E-state index in [4.69, 9.17) is 12.2 Å². The smallest absolute Gasteiger partial charge is 0.332 e. The molecule has 0 aliphatic rings. The third-order valence-corrected chi connectivity index (χ3v) is 2.46. The maximum absolute atomic E-state index is 10.5. The first kappa shape index (κ1) is 11.7. The lowest BCUT2D eigenvalue weighted by Crippen LogP contribution is -2.24. The van der Waals surface area contributed by atoms with Crippen LogP contribution in [0.3, 0.4) is 0 Å². The minimum absolute atomic E-state index is 0.484. The normalized spacial score (nSPS) is 10.6. The summed E-state index contributed by atoms with van der Waals surface area (Å²) in [6.45, 7) is 0.484. The van der Waals surface area contributed by atoms with Gasteiger partial charge in [-0.25, -0.2) is 10.2 Å². The van der Waals surface area contributed by atoms with Crippen LogP contribution in [0.15, 0.2) is 35.6 Å². The standard InChI is InChI=1S/C13H12N4O/c1-2-7-17-9-10(8-15-16-13(14)18)11-5-3-4-6-12(11)17/h1,3-6,8-9H,7H2,(H3,14,16,18). The number of fused-ring (bicyclic) bond motifs is 1. The van der Waals surface area contributed by atoms with Crippen LogP contribution in [-0.4, -0.2) is 16.8 Å². The van der Waals surface area contributed by atoms with Gasteiger partial charge in [-0.2, -0.15) is 5.10 Å². The maximum Gasteiger partial charge on any atom is 0.332 e. The van der Waals surface area contributed by atoms with Gasteiger partial charge in [0.2, 0.25) is 0 Å². The van der Waals surface area contributed by atoms with Gasteiger partial charge in [-0.15, -0.1) is 6.42 Å². The van der Waals surface area contributed by atoms with Crippen LogP contribution in [0.1, 0.15) is 5.56 Å². The molecule has 5 heteroatoms. The maximum atomic E-state index is 10.5. The fourth-order valence-corrected chi connectivity index (χ4v) is 1.77. The molecular formula is C13H12N4O. The number of terminal acetylenes is 1. The molecule has 0 atom stereocenters. The minimum atomic E-state index is -0.696. The lowest BCUT2D eigenvalue weighted by atomic mass is 10.2. The zero-order valence-corrected chi connectivity index (χ0v) is 9.63. The van der Waals surface area contributed by atoms with Crippen molar-refractivity contribution in [3.8, 4) is 12.3 Å². The average molecular weight is 240 g/mol. The Morgan fingerprint density at radius 2 is 2.33 bits per heavy atom. The second-order valence-corrected chi connectivity index (χ2v) is 3.67. The number of hydrazone groups is 1. The number of rotatable bonds is 3. The Kier molecular flexibility index (Phi) is 3.30. The molecule has 0 fully saturated rings. The van der Waals surface area contributed by atoms with Crippen molar-refractivity contribution in [2.75, 3.05) is 0 Å². The Labute approximate surface area is 104 Å². The topological polar surface area (TPSA) is 72.4 Å². The Morgan fingerprint density at radius 1 is 1.56 bits per heavy atom. The number of urea groups is 1. The first-order chi connectivity index (χ1) is 8.72. The highest BCUT2D eigenvalue weighted by molar-refractivity contribution is 5.99. The number of nitrogens with one attached hydrogen (secondary N) is 1. The summed E-state index contributed by atoms with van der Waals surface area (Å²) in [6.07, 6.45) is 8.75. The molecular weight excluding hydrogens is 228 g/mol. The van der Waals surface area contributed by atoms with E-state index in [1.165, 1.54) is 0 Å². The van der Waals surface area contributed by atoms with E-state index in [1.807, 2.05) is 35.0 Å². The summed E-state index contributed by atoms with van der Waals surface area (Å²) < 4.78 is 1.95. The van der Waals surface area contributed by atoms with Gasteiger partial charge in [0.1, 0.15) is 0 Å². The van der Waals surface area contributed by atoms with Gasteiger partial charge >= 0.3 is 6.03 Å². The minimum Gasteiger partial charge on any atom is -0.350 e. The van der Waals surface area contributed by atoms with E-state index in [-0.39, 0.29) is 0 Å². The first-order valence-electron chi connectivity index (χ1n) is 5.32. The van der Waals surface area contributed by atoms with Gasteiger partial charge in [-0.1, -0.05) is 24.1 Å². The van der Waals surface area contributed by atoms with E-state index >= 15 is 0 Å². The molecule has 2 aromatic rings. The van der Waals surface area contributed by atoms with Crippen LogP contribution in [0, 0.1) is 12.3 Å². The molecule has 0 aliphatic heterocycles. The molecule has 1 aromatic heterocycles. The molecule has 0 unspecified atom stereocenters. The van der Waals surface area contributed by atoms with Crippen LogP contribution in [0.5, 0.6) is 0 Å². The Bertz CT molecular complexity index is 649. The zero-order chi connectivity index (χ0) is 13.0. The van der Waals surface area contributed by atoms with E-state index in [9.17, 15) is 4.79 Å². The number of hydrogen-bond donors (Lipinski definition) is 2. The average Bonchev–Trinajstić information content (AvgIpc) is 2.69. The fourth-order valence-electron chi connectivity index (χ4n) is 1.77. The molecule has 2 rings (SSSR count). The molecule has 3 N–H and O–H groups in total. The highest BCUT2D eigenvalue weighted by Crippen LogP contribution is 2.19. The summed E-state index contributed by atoms with van der Waals surface area (Å²) >= 11 is 0. The zero-order valence-electron chi connectivity index (χ0n) is 9.63. The van der Waals surface area contributed by atoms with Crippen molar-refractivity contribution in [3.05, 3.63) is 36.0 Å². The van der Waals surface area contributed by atoms with Gasteiger partial charge < -0.3 is 10.3 Å². The summed E-state index contributed by atoms with van der Waals surface area (Å²) in [7, 11) is 0. The van der Waals surface area contributed by atoms with Crippen molar-refractivity contribution in [1.82, 2.24) is 9.99 Å². The van der Waals surface area contributed by atoms with Gasteiger partial charge in [0.25, 0.3) is 0 Å². The number of nitrogens with zero attached hydrogens (tertiary/aromatic N) is 2. The third-order valence-electron chi connectivity index (χ3n) is 2.46. The largest absolute Gasteiger partial charge is 0.350 e. The molecule has 0 saturated carbocycles. The lowest BCUT2D eigenvalue weighted by Gasteiger charge is -1.97. The number of amides is 2. The van der Waals surface area contributed by atoms with E-state index in [1.54, 1.807) is 6.21 Å². The monoisotopic (exact) mass is 240 g/mol. The molecule has 90 valence electrons. The number of para-hydroxylation sites is 1. The van der Waals surface area contributed by atoms with Gasteiger partial charge in [-0.05, 0) is 6.07 Å². The van der Waals surface area contributed by atoms with E-state index in [0.29, 0.717) is 6.54 Å². The molecule has 18 heavy (non-hydrogen) atoms. The number of hydrogen-bond acceptors (Lipinski definition) is 2. The molecule has 0 radical (unpaired) electrons. The number of aromatic nitrogens is 1. The van der Waals surface area contributed by atoms with Gasteiger partial charge in [0, 0.05) is 22.7 Å². The molecule has 0 bridgehead atoms. The first-order valence-corrected chi connectivity index (χ1v) is 5.32. The lowest BCUT2D eigenvalue weighted by molar-refractivity contribution is 0.249. The predicted molar refractivity (Wildman–Crippen MR) is 71.1 cm³/mol. The second kappa shape index (κ2) is 5.06. The molecule has 0 spiro atoms. The fraction of sp³-hybridized carbons (Fsp3) is 0.0769.